The Balaban J connectivity index is 2.43. The molecule has 0 bridgehead atoms. The van der Waals surface area contributed by atoms with Gasteiger partial charge < -0.3 is 15.2 Å². The Morgan fingerprint density at radius 2 is 2.10 bits per heavy atom. The number of amides is 1. The van der Waals surface area contributed by atoms with Crippen LogP contribution < -0.4 is 10.1 Å². The molecule has 1 aromatic rings. The van der Waals surface area contributed by atoms with Gasteiger partial charge in [-0.25, -0.2) is 0 Å². The number of hydrogen-bond acceptors (Lipinski definition) is 3. The molecule has 0 aromatic heterocycles. The first-order valence-electron chi connectivity index (χ1n) is 7.02. The van der Waals surface area contributed by atoms with E-state index in [0.29, 0.717) is 19.4 Å². The van der Waals surface area contributed by atoms with Gasteiger partial charge in [-0.05, 0) is 36.5 Å². The van der Waals surface area contributed by atoms with Gasteiger partial charge in [-0.2, -0.15) is 0 Å². The van der Waals surface area contributed by atoms with E-state index in [4.69, 9.17) is 4.74 Å². The molecule has 0 radical (unpaired) electrons. The molecule has 4 nitrogen and oxygen atoms in total. The second-order valence-electron chi connectivity index (χ2n) is 5.43. The molecule has 20 heavy (non-hydrogen) atoms. The number of ether oxygens (including phenoxy) is 1. The van der Waals surface area contributed by atoms with Gasteiger partial charge in [-0.1, -0.05) is 26.0 Å². The number of nitrogens with one attached hydrogen (secondary N) is 1. The molecule has 1 unspecified atom stereocenters. The first kappa shape index (κ1) is 16.5. The van der Waals surface area contributed by atoms with Crippen molar-refractivity contribution in [2.45, 2.75) is 39.7 Å². The van der Waals surface area contributed by atoms with Gasteiger partial charge in [0.15, 0.2) is 0 Å². The predicted molar refractivity (Wildman–Crippen MR) is 79.9 cm³/mol. The molecule has 2 N–H and O–H groups in total. The van der Waals surface area contributed by atoms with Crippen molar-refractivity contribution in [3.8, 4) is 5.75 Å². The number of aryl methyl sites for hydroxylation is 1. The zero-order valence-corrected chi connectivity index (χ0v) is 12.8. The van der Waals surface area contributed by atoms with Crippen LogP contribution in [0.1, 0.15) is 31.4 Å². The van der Waals surface area contributed by atoms with Crippen molar-refractivity contribution in [3.05, 3.63) is 29.3 Å². The zero-order chi connectivity index (χ0) is 15.1. The molecule has 1 rings (SSSR count). The van der Waals surface area contributed by atoms with Crippen molar-refractivity contribution < 1.29 is 14.6 Å². The topological polar surface area (TPSA) is 58.6 Å². The lowest BCUT2D eigenvalue weighted by Gasteiger charge is -2.14. The zero-order valence-electron chi connectivity index (χ0n) is 12.8. The van der Waals surface area contributed by atoms with Crippen LogP contribution in [0.4, 0.5) is 0 Å². The first-order valence-corrected chi connectivity index (χ1v) is 7.02. The van der Waals surface area contributed by atoms with Crippen molar-refractivity contribution in [2.75, 3.05) is 13.7 Å². The van der Waals surface area contributed by atoms with E-state index >= 15 is 0 Å². The quantitative estimate of drug-likeness (QED) is 0.803. The highest BCUT2D eigenvalue weighted by Gasteiger charge is 2.10. The van der Waals surface area contributed by atoms with Crippen LogP contribution in [-0.4, -0.2) is 30.8 Å². The summed E-state index contributed by atoms with van der Waals surface area (Å²) in [5.41, 5.74) is 1.98. The van der Waals surface area contributed by atoms with Crippen LogP contribution in [0.3, 0.4) is 0 Å². The summed E-state index contributed by atoms with van der Waals surface area (Å²) in [6, 6.07) is 5.77. The molecule has 1 atom stereocenters. The smallest absolute Gasteiger partial charge is 0.224 e. The molecule has 0 aliphatic carbocycles. The normalized spacial score (nSPS) is 12.3. The summed E-state index contributed by atoms with van der Waals surface area (Å²) in [4.78, 5) is 11.8. The van der Waals surface area contributed by atoms with Gasteiger partial charge in [0.25, 0.3) is 0 Å². The number of rotatable bonds is 7. The molecule has 1 aromatic carbocycles. The van der Waals surface area contributed by atoms with E-state index in [1.165, 1.54) is 0 Å². The Bertz CT molecular complexity index is 443. The van der Waals surface area contributed by atoms with Crippen molar-refractivity contribution in [1.82, 2.24) is 5.32 Å². The lowest BCUT2D eigenvalue weighted by atomic mass is 10.0. The van der Waals surface area contributed by atoms with Crippen LogP contribution in [0.25, 0.3) is 0 Å². The summed E-state index contributed by atoms with van der Waals surface area (Å²) >= 11 is 0. The summed E-state index contributed by atoms with van der Waals surface area (Å²) in [7, 11) is 1.62. The third kappa shape index (κ3) is 5.21. The molecular weight excluding hydrogens is 254 g/mol. The van der Waals surface area contributed by atoms with Crippen molar-refractivity contribution in [1.29, 1.82) is 0 Å². The summed E-state index contributed by atoms with van der Waals surface area (Å²) < 4.78 is 5.24. The third-order valence-corrected chi connectivity index (χ3v) is 3.37. The first-order chi connectivity index (χ1) is 9.43. The SMILES string of the molecule is COc1cc(CC(=O)NCCC(O)C(C)C)ccc1C. The highest BCUT2D eigenvalue weighted by atomic mass is 16.5. The second kappa shape index (κ2) is 7.90. The maximum absolute atomic E-state index is 11.8. The molecule has 0 heterocycles. The van der Waals surface area contributed by atoms with Crippen molar-refractivity contribution in [3.63, 3.8) is 0 Å². The van der Waals surface area contributed by atoms with E-state index in [1.807, 2.05) is 39.0 Å². The van der Waals surface area contributed by atoms with Crippen LogP contribution in [0.5, 0.6) is 5.75 Å². The van der Waals surface area contributed by atoms with Gasteiger partial charge in [-0.15, -0.1) is 0 Å². The Hall–Kier alpha value is -1.55. The third-order valence-electron chi connectivity index (χ3n) is 3.37. The van der Waals surface area contributed by atoms with Gasteiger partial charge in [-0.3, -0.25) is 4.79 Å². The molecule has 0 aliphatic heterocycles. The molecule has 0 spiro atoms. The number of benzene rings is 1. The minimum atomic E-state index is -0.366. The molecule has 0 aliphatic rings. The molecule has 112 valence electrons. The molecular formula is C16H25NO3. The fourth-order valence-corrected chi connectivity index (χ4v) is 1.92. The number of hydrogen-bond donors (Lipinski definition) is 2. The number of methoxy groups -OCH3 is 1. The Morgan fingerprint density at radius 1 is 1.40 bits per heavy atom. The van der Waals surface area contributed by atoms with Gasteiger partial charge in [0, 0.05) is 6.54 Å². The van der Waals surface area contributed by atoms with Gasteiger partial charge in [0.1, 0.15) is 5.75 Å². The highest BCUT2D eigenvalue weighted by molar-refractivity contribution is 5.78. The van der Waals surface area contributed by atoms with Crippen molar-refractivity contribution in [2.24, 2.45) is 5.92 Å². The predicted octanol–water partition coefficient (Wildman–Crippen LogP) is 2.07. The van der Waals surface area contributed by atoms with E-state index in [2.05, 4.69) is 5.32 Å². The maximum atomic E-state index is 11.8. The lowest BCUT2D eigenvalue weighted by molar-refractivity contribution is -0.120. The van der Waals surface area contributed by atoms with E-state index in [0.717, 1.165) is 16.9 Å². The Morgan fingerprint density at radius 3 is 2.70 bits per heavy atom. The average Bonchev–Trinajstić information content (AvgIpc) is 2.40. The fourth-order valence-electron chi connectivity index (χ4n) is 1.92. The number of aliphatic hydroxyl groups is 1. The van der Waals surface area contributed by atoms with Crippen LogP contribution >= 0.6 is 0 Å². The van der Waals surface area contributed by atoms with Crippen molar-refractivity contribution >= 4 is 5.91 Å². The average molecular weight is 279 g/mol. The Kier molecular flexibility index (Phi) is 6.52. The van der Waals surface area contributed by atoms with E-state index < -0.39 is 0 Å². The summed E-state index contributed by atoms with van der Waals surface area (Å²) in [5, 5.41) is 12.5. The lowest BCUT2D eigenvalue weighted by Crippen LogP contribution is -2.29. The van der Waals surface area contributed by atoms with Crippen LogP contribution in [0.15, 0.2) is 18.2 Å². The Labute approximate surface area is 121 Å². The molecule has 1 amide bonds. The summed E-state index contributed by atoms with van der Waals surface area (Å²) in [6.07, 6.45) is 0.546. The van der Waals surface area contributed by atoms with E-state index in [1.54, 1.807) is 7.11 Å². The van der Waals surface area contributed by atoms with Crippen LogP contribution in [0, 0.1) is 12.8 Å². The van der Waals surface area contributed by atoms with Gasteiger partial charge in [0.2, 0.25) is 5.91 Å². The van der Waals surface area contributed by atoms with Gasteiger partial charge >= 0.3 is 0 Å². The highest BCUT2D eigenvalue weighted by Crippen LogP contribution is 2.19. The molecule has 0 fully saturated rings. The number of carbonyl (C=O) groups is 1. The standard InChI is InChI=1S/C16H25NO3/c1-11(2)14(18)7-8-17-16(19)10-13-6-5-12(3)15(9-13)20-4/h5-6,9,11,14,18H,7-8,10H2,1-4H3,(H,17,19). The maximum Gasteiger partial charge on any atom is 0.224 e. The largest absolute Gasteiger partial charge is 0.496 e. The summed E-state index contributed by atoms with van der Waals surface area (Å²) in [5.74, 6) is 0.977. The van der Waals surface area contributed by atoms with Gasteiger partial charge in [0.05, 0.1) is 19.6 Å². The van der Waals surface area contributed by atoms with Crippen LogP contribution in [0.2, 0.25) is 0 Å². The monoisotopic (exact) mass is 279 g/mol. The number of aliphatic hydroxyl groups excluding tert-OH is 1. The minimum Gasteiger partial charge on any atom is -0.496 e. The second-order valence-corrected chi connectivity index (χ2v) is 5.43. The minimum absolute atomic E-state index is 0.0353. The molecule has 4 heteroatoms. The fraction of sp³-hybridized carbons (Fsp3) is 0.562. The molecule has 0 saturated heterocycles. The molecule has 0 saturated carbocycles. The van der Waals surface area contributed by atoms with E-state index in [-0.39, 0.29) is 17.9 Å². The summed E-state index contributed by atoms with van der Waals surface area (Å²) in [6.45, 7) is 6.40. The van der Waals surface area contributed by atoms with E-state index in [9.17, 15) is 9.90 Å². The number of carbonyl (C=O) groups excluding carboxylic acids is 1. The van der Waals surface area contributed by atoms with Crippen LogP contribution in [-0.2, 0) is 11.2 Å².